The van der Waals surface area contributed by atoms with Crippen LogP contribution in [-0.4, -0.2) is 28.3 Å². The van der Waals surface area contributed by atoms with Gasteiger partial charge in [0.1, 0.15) is 0 Å². The van der Waals surface area contributed by atoms with E-state index in [-0.39, 0.29) is 23.9 Å². The number of carbonyl (C=O) groups excluding carboxylic acids is 2. The highest BCUT2D eigenvalue weighted by Crippen LogP contribution is 2.27. The number of benzene rings is 1. The summed E-state index contributed by atoms with van der Waals surface area (Å²) in [5.74, 6) is -0.546. The van der Waals surface area contributed by atoms with E-state index in [0.29, 0.717) is 18.0 Å². The van der Waals surface area contributed by atoms with Gasteiger partial charge in [-0.15, -0.1) is 0 Å². The molecule has 154 valence electrons. The Hall–Kier alpha value is -2.96. The first-order chi connectivity index (χ1) is 14.0. The third-order valence-corrected chi connectivity index (χ3v) is 5.22. The van der Waals surface area contributed by atoms with Crippen molar-refractivity contribution >= 4 is 17.6 Å². The van der Waals surface area contributed by atoms with Crippen LogP contribution in [0, 0.1) is 12.8 Å². The summed E-state index contributed by atoms with van der Waals surface area (Å²) in [6.45, 7) is 3.71. The number of esters is 1. The lowest BCUT2D eigenvalue weighted by atomic mass is 9.87. The zero-order valence-electron chi connectivity index (χ0n) is 16.9. The maximum atomic E-state index is 12.7. The van der Waals surface area contributed by atoms with Crippen molar-refractivity contribution in [1.29, 1.82) is 0 Å². The summed E-state index contributed by atoms with van der Waals surface area (Å²) in [5, 5.41) is 6.95. The van der Waals surface area contributed by atoms with Gasteiger partial charge in [-0.1, -0.05) is 37.5 Å². The second-order valence-corrected chi connectivity index (χ2v) is 7.42. The fourth-order valence-corrected chi connectivity index (χ4v) is 3.73. The fraction of sp³-hybridized carbons (Fsp3) is 0.455. The Labute approximate surface area is 170 Å². The standard InChI is InChI=1S/C22H27N3O4/c1-3-29-22(28)21-17(23-19(26)13-16-10-5-4-6-11-16)14-20(27)25(24-21)18-12-8-7-9-15(18)2/h7-9,12,14,16H,3-6,10-11,13H2,1-2H3,(H,23,26). The van der Waals surface area contributed by atoms with Gasteiger partial charge in [-0.05, 0) is 44.2 Å². The Morgan fingerprint density at radius 1 is 1.21 bits per heavy atom. The molecule has 0 atom stereocenters. The van der Waals surface area contributed by atoms with Crippen LogP contribution in [0.3, 0.4) is 0 Å². The van der Waals surface area contributed by atoms with Crippen molar-refractivity contribution in [1.82, 2.24) is 9.78 Å². The van der Waals surface area contributed by atoms with Gasteiger partial charge < -0.3 is 10.1 Å². The molecule has 1 aliphatic carbocycles. The average Bonchev–Trinajstić information content (AvgIpc) is 2.70. The molecule has 1 N–H and O–H groups in total. The summed E-state index contributed by atoms with van der Waals surface area (Å²) in [7, 11) is 0. The number of aryl methyl sites for hydroxylation is 1. The lowest BCUT2D eigenvalue weighted by Crippen LogP contribution is -2.28. The highest BCUT2D eigenvalue weighted by atomic mass is 16.5. The van der Waals surface area contributed by atoms with Crippen molar-refractivity contribution in [3.05, 3.63) is 51.9 Å². The fourth-order valence-electron chi connectivity index (χ4n) is 3.73. The van der Waals surface area contributed by atoms with Crippen LogP contribution in [0.15, 0.2) is 35.1 Å². The van der Waals surface area contributed by atoms with Gasteiger partial charge in [0.05, 0.1) is 18.0 Å². The molecular weight excluding hydrogens is 370 g/mol. The predicted molar refractivity (Wildman–Crippen MR) is 110 cm³/mol. The number of hydrogen-bond acceptors (Lipinski definition) is 5. The normalized spacial score (nSPS) is 14.4. The molecule has 0 radical (unpaired) electrons. The van der Waals surface area contributed by atoms with Gasteiger partial charge in [0.25, 0.3) is 5.56 Å². The van der Waals surface area contributed by atoms with Crippen LogP contribution in [0.1, 0.15) is 61.5 Å². The largest absolute Gasteiger partial charge is 0.461 e. The minimum Gasteiger partial charge on any atom is -0.461 e. The molecule has 0 bridgehead atoms. The summed E-state index contributed by atoms with van der Waals surface area (Å²) >= 11 is 0. The smallest absolute Gasteiger partial charge is 0.360 e. The van der Waals surface area contributed by atoms with Crippen LogP contribution in [0.25, 0.3) is 5.69 Å². The van der Waals surface area contributed by atoms with Crippen LogP contribution in [0.5, 0.6) is 0 Å². The van der Waals surface area contributed by atoms with E-state index >= 15 is 0 Å². The van der Waals surface area contributed by atoms with Crippen LogP contribution < -0.4 is 10.9 Å². The first kappa shape index (κ1) is 20.8. The van der Waals surface area contributed by atoms with Crippen LogP contribution in [-0.2, 0) is 9.53 Å². The van der Waals surface area contributed by atoms with E-state index < -0.39 is 11.5 Å². The SMILES string of the molecule is CCOC(=O)c1nn(-c2ccccc2C)c(=O)cc1NC(=O)CC1CCCCC1. The van der Waals surface area contributed by atoms with Crippen molar-refractivity contribution in [2.75, 3.05) is 11.9 Å². The first-order valence-corrected chi connectivity index (χ1v) is 10.2. The number of aromatic nitrogens is 2. The number of carbonyl (C=O) groups is 2. The Bertz CT molecular complexity index is 945. The number of para-hydroxylation sites is 1. The molecular formula is C22H27N3O4. The second kappa shape index (κ2) is 9.49. The number of amides is 1. The maximum absolute atomic E-state index is 12.7. The zero-order valence-corrected chi connectivity index (χ0v) is 16.9. The minimum atomic E-state index is -0.678. The van der Waals surface area contributed by atoms with Gasteiger partial charge in [0.15, 0.2) is 5.69 Å². The van der Waals surface area contributed by atoms with Gasteiger partial charge in [0, 0.05) is 12.5 Å². The summed E-state index contributed by atoms with van der Waals surface area (Å²) < 4.78 is 6.26. The van der Waals surface area contributed by atoms with Gasteiger partial charge in [0.2, 0.25) is 5.91 Å². The lowest BCUT2D eigenvalue weighted by molar-refractivity contribution is -0.117. The highest BCUT2D eigenvalue weighted by Gasteiger charge is 2.22. The van der Waals surface area contributed by atoms with E-state index in [1.165, 1.54) is 17.2 Å². The summed E-state index contributed by atoms with van der Waals surface area (Å²) in [6, 6.07) is 8.49. The Morgan fingerprint density at radius 3 is 2.62 bits per heavy atom. The van der Waals surface area contributed by atoms with Crippen molar-refractivity contribution in [3.63, 3.8) is 0 Å². The third kappa shape index (κ3) is 5.10. The van der Waals surface area contributed by atoms with Crippen LogP contribution >= 0.6 is 0 Å². The molecule has 3 rings (SSSR count). The number of hydrogen-bond donors (Lipinski definition) is 1. The molecule has 1 aromatic carbocycles. The number of rotatable bonds is 6. The number of nitrogens with zero attached hydrogens (tertiary/aromatic N) is 2. The van der Waals surface area contributed by atoms with E-state index in [9.17, 15) is 14.4 Å². The van der Waals surface area contributed by atoms with Gasteiger partial charge in [-0.3, -0.25) is 9.59 Å². The molecule has 0 spiro atoms. The maximum Gasteiger partial charge on any atom is 0.360 e. The van der Waals surface area contributed by atoms with E-state index in [1.807, 2.05) is 19.1 Å². The van der Waals surface area contributed by atoms with E-state index in [1.54, 1.807) is 19.1 Å². The van der Waals surface area contributed by atoms with E-state index in [0.717, 1.165) is 31.2 Å². The molecule has 0 unspecified atom stereocenters. The molecule has 7 nitrogen and oxygen atoms in total. The summed E-state index contributed by atoms with van der Waals surface area (Å²) in [4.78, 5) is 37.7. The van der Waals surface area contributed by atoms with Crippen LogP contribution in [0.2, 0.25) is 0 Å². The Kier molecular flexibility index (Phi) is 6.80. The quantitative estimate of drug-likeness (QED) is 0.752. The minimum absolute atomic E-state index is 0.0771. The third-order valence-electron chi connectivity index (χ3n) is 5.22. The topological polar surface area (TPSA) is 90.3 Å². The number of ether oxygens (including phenoxy) is 1. The zero-order chi connectivity index (χ0) is 20.8. The molecule has 29 heavy (non-hydrogen) atoms. The van der Waals surface area contributed by atoms with Gasteiger partial charge in [-0.25, -0.2) is 4.79 Å². The first-order valence-electron chi connectivity index (χ1n) is 10.2. The number of nitrogens with one attached hydrogen (secondary N) is 1. The molecule has 1 fully saturated rings. The van der Waals surface area contributed by atoms with E-state index in [2.05, 4.69) is 10.4 Å². The second-order valence-electron chi connectivity index (χ2n) is 7.42. The molecule has 7 heteroatoms. The van der Waals surface area contributed by atoms with Crippen molar-refractivity contribution in [3.8, 4) is 5.69 Å². The molecule has 1 amide bonds. The highest BCUT2D eigenvalue weighted by molar-refractivity contribution is 5.99. The Morgan fingerprint density at radius 2 is 1.93 bits per heavy atom. The molecule has 1 aromatic heterocycles. The Balaban J connectivity index is 1.92. The van der Waals surface area contributed by atoms with Crippen molar-refractivity contribution in [2.24, 2.45) is 5.92 Å². The molecule has 0 saturated heterocycles. The van der Waals surface area contributed by atoms with Gasteiger partial charge >= 0.3 is 5.97 Å². The van der Waals surface area contributed by atoms with Crippen molar-refractivity contribution in [2.45, 2.75) is 52.4 Å². The summed E-state index contributed by atoms with van der Waals surface area (Å²) in [6.07, 6.45) is 5.94. The predicted octanol–water partition coefficient (Wildman–Crippen LogP) is 3.63. The van der Waals surface area contributed by atoms with E-state index in [4.69, 9.17) is 4.74 Å². The molecule has 1 aliphatic rings. The average molecular weight is 397 g/mol. The summed E-state index contributed by atoms with van der Waals surface area (Å²) in [5.41, 5.74) is 1.00. The molecule has 1 saturated carbocycles. The molecule has 0 aliphatic heterocycles. The van der Waals surface area contributed by atoms with Crippen LogP contribution in [0.4, 0.5) is 5.69 Å². The monoisotopic (exact) mass is 397 g/mol. The molecule has 1 heterocycles. The van der Waals surface area contributed by atoms with Gasteiger partial charge in [-0.2, -0.15) is 9.78 Å². The number of anilines is 1. The molecule has 2 aromatic rings. The lowest BCUT2D eigenvalue weighted by Gasteiger charge is -2.21. The van der Waals surface area contributed by atoms with Crippen molar-refractivity contribution < 1.29 is 14.3 Å².